The van der Waals surface area contributed by atoms with Gasteiger partial charge in [0.1, 0.15) is 0 Å². The fourth-order valence-electron chi connectivity index (χ4n) is 2.35. The molecule has 0 amide bonds. The van der Waals surface area contributed by atoms with Crippen LogP contribution in [0, 0.1) is 6.92 Å². The molecular formula is C13H19ClN2O3S. The lowest BCUT2D eigenvalue weighted by Gasteiger charge is -2.34. The summed E-state index contributed by atoms with van der Waals surface area (Å²) in [7, 11) is -3.58. The lowest BCUT2D eigenvalue weighted by Crippen LogP contribution is -2.48. The van der Waals surface area contributed by atoms with E-state index in [1.807, 2.05) is 6.92 Å². The van der Waals surface area contributed by atoms with Crippen LogP contribution in [0.1, 0.15) is 18.9 Å². The van der Waals surface area contributed by atoms with Crippen molar-refractivity contribution in [2.75, 3.05) is 25.5 Å². The Kier molecular flexibility index (Phi) is 4.59. The highest BCUT2D eigenvalue weighted by molar-refractivity contribution is 7.89. The second-order valence-corrected chi connectivity index (χ2v) is 7.16. The molecule has 1 aromatic carbocycles. The zero-order valence-electron chi connectivity index (χ0n) is 11.6. The number of nitrogens with two attached hydrogens (primary N) is 1. The molecule has 0 spiro atoms. The number of nitrogens with zero attached hydrogens (tertiary/aromatic N) is 1. The fraction of sp³-hybridized carbons (Fsp3) is 0.538. The molecule has 2 rings (SSSR count). The Bertz CT molecular complexity index is 604. The molecule has 1 fully saturated rings. The zero-order valence-corrected chi connectivity index (χ0v) is 13.2. The number of sulfonamides is 1. The number of benzene rings is 1. The normalized spacial score (nSPS) is 21.1. The van der Waals surface area contributed by atoms with E-state index in [-0.39, 0.29) is 16.6 Å². The van der Waals surface area contributed by atoms with E-state index in [2.05, 4.69) is 0 Å². The van der Waals surface area contributed by atoms with E-state index in [0.717, 1.165) is 0 Å². The Balaban J connectivity index is 2.46. The van der Waals surface area contributed by atoms with E-state index in [1.54, 1.807) is 13.0 Å². The molecule has 0 bridgehead atoms. The number of nitrogen functional groups attached to an aromatic ring is 1. The van der Waals surface area contributed by atoms with Gasteiger partial charge in [0.25, 0.3) is 0 Å². The van der Waals surface area contributed by atoms with E-state index in [1.165, 1.54) is 10.4 Å². The van der Waals surface area contributed by atoms with Crippen LogP contribution in [0.5, 0.6) is 0 Å². The second kappa shape index (κ2) is 5.89. The topological polar surface area (TPSA) is 72.6 Å². The van der Waals surface area contributed by atoms with Gasteiger partial charge in [-0.2, -0.15) is 4.31 Å². The molecule has 1 saturated heterocycles. The van der Waals surface area contributed by atoms with Crippen LogP contribution in [0.4, 0.5) is 5.69 Å². The molecule has 112 valence electrons. The monoisotopic (exact) mass is 318 g/mol. The maximum absolute atomic E-state index is 12.8. The van der Waals surface area contributed by atoms with Gasteiger partial charge in [-0.05, 0) is 31.0 Å². The van der Waals surface area contributed by atoms with Crippen LogP contribution >= 0.6 is 11.6 Å². The predicted molar refractivity (Wildman–Crippen MR) is 79.4 cm³/mol. The number of hydrogen-bond donors (Lipinski definition) is 1. The Hall–Kier alpha value is -0.820. The third-order valence-electron chi connectivity index (χ3n) is 3.53. The SMILES string of the molecule is CCC1COCCN1S(=O)(=O)c1cc(N)c(Cl)cc1C. The van der Waals surface area contributed by atoms with E-state index < -0.39 is 10.0 Å². The first-order valence-electron chi connectivity index (χ1n) is 6.53. The van der Waals surface area contributed by atoms with Gasteiger partial charge >= 0.3 is 0 Å². The van der Waals surface area contributed by atoms with Gasteiger partial charge in [-0.1, -0.05) is 18.5 Å². The minimum Gasteiger partial charge on any atom is -0.397 e. The van der Waals surface area contributed by atoms with Crippen LogP contribution in [0.25, 0.3) is 0 Å². The Morgan fingerprint density at radius 2 is 2.20 bits per heavy atom. The molecular weight excluding hydrogens is 300 g/mol. The summed E-state index contributed by atoms with van der Waals surface area (Å²) in [6, 6.07) is 2.89. The van der Waals surface area contributed by atoms with Gasteiger partial charge in [0.15, 0.2) is 0 Å². The summed E-state index contributed by atoms with van der Waals surface area (Å²) in [6.45, 7) is 4.88. The van der Waals surface area contributed by atoms with E-state index >= 15 is 0 Å². The van der Waals surface area contributed by atoms with Gasteiger partial charge in [0, 0.05) is 12.6 Å². The van der Waals surface area contributed by atoms with Crippen LogP contribution in [-0.2, 0) is 14.8 Å². The van der Waals surface area contributed by atoms with Gasteiger partial charge in [-0.15, -0.1) is 0 Å². The smallest absolute Gasteiger partial charge is 0.243 e. The molecule has 0 saturated carbocycles. The van der Waals surface area contributed by atoms with Crippen molar-refractivity contribution in [3.63, 3.8) is 0 Å². The number of anilines is 1. The molecule has 1 atom stereocenters. The quantitative estimate of drug-likeness (QED) is 0.865. The Morgan fingerprint density at radius 1 is 1.50 bits per heavy atom. The van der Waals surface area contributed by atoms with Crippen molar-refractivity contribution in [3.8, 4) is 0 Å². The molecule has 0 aromatic heterocycles. The molecule has 1 aliphatic heterocycles. The summed E-state index contributed by atoms with van der Waals surface area (Å²) in [5.41, 5.74) is 6.62. The largest absolute Gasteiger partial charge is 0.397 e. The molecule has 0 aliphatic carbocycles. The van der Waals surface area contributed by atoms with Crippen molar-refractivity contribution < 1.29 is 13.2 Å². The van der Waals surface area contributed by atoms with E-state index in [0.29, 0.717) is 36.8 Å². The summed E-state index contributed by atoms with van der Waals surface area (Å²) in [5.74, 6) is 0. The number of hydrogen-bond acceptors (Lipinski definition) is 4. The standard InChI is InChI=1S/C13H19ClN2O3S/c1-3-10-8-19-5-4-16(10)20(17,18)13-7-12(15)11(14)6-9(13)2/h6-7,10H,3-5,8,15H2,1-2H3. The van der Waals surface area contributed by atoms with Gasteiger partial charge in [-0.25, -0.2) is 8.42 Å². The van der Waals surface area contributed by atoms with Crippen LogP contribution in [0.15, 0.2) is 17.0 Å². The maximum atomic E-state index is 12.8. The van der Waals surface area contributed by atoms with E-state index in [4.69, 9.17) is 22.1 Å². The average Bonchev–Trinajstić information content (AvgIpc) is 2.42. The number of aryl methyl sites for hydroxylation is 1. The molecule has 7 heteroatoms. The second-order valence-electron chi connectivity index (χ2n) is 4.89. The summed E-state index contributed by atoms with van der Waals surface area (Å²) in [5, 5.41) is 0.371. The highest BCUT2D eigenvalue weighted by Gasteiger charge is 2.34. The van der Waals surface area contributed by atoms with Crippen molar-refractivity contribution in [1.82, 2.24) is 4.31 Å². The summed E-state index contributed by atoms with van der Waals surface area (Å²) in [6.07, 6.45) is 0.710. The predicted octanol–water partition coefficient (Wildman–Crippen LogP) is 2.03. The average molecular weight is 319 g/mol. The minimum atomic E-state index is -3.58. The molecule has 1 unspecified atom stereocenters. The molecule has 0 radical (unpaired) electrons. The Morgan fingerprint density at radius 3 is 2.85 bits per heavy atom. The van der Waals surface area contributed by atoms with Gasteiger partial charge in [0.05, 0.1) is 28.8 Å². The molecule has 5 nitrogen and oxygen atoms in total. The van der Waals surface area contributed by atoms with Crippen molar-refractivity contribution in [3.05, 3.63) is 22.7 Å². The van der Waals surface area contributed by atoms with Gasteiger partial charge in [-0.3, -0.25) is 0 Å². The van der Waals surface area contributed by atoms with E-state index in [9.17, 15) is 8.42 Å². The van der Waals surface area contributed by atoms with Crippen molar-refractivity contribution in [2.24, 2.45) is 0 Å². The van der Waals surface area contributed by atoms with Gasteiger partial charge < -0.3 is 10.5 Å². The van der Waals surface area contributed by atoms with Crippen molar-refractivity contribution >= 4 is 27.3 Å². The summed E-state index contributed by atoms with van der Waals surface area (Å²) in [4.78, 5) is 0.222. The first-order valence-corrected chi connectivity index (χ1v) is 8.35. The molecule has 1 aromatic rings. The number of rotatable bonds is 3. The maximum Gasteiger partial charge on any atom is 0.243 e. The third kappa shape index (κ3) is 2.79. The molecule has 20 heavy (non-hydrogen) atoms. The first kappa shape index (κ1) is 15.6. The lowest BCUT2D eigenvalue weighted by atomic mass is 10.2. The highest BCUT2D eigenvalue weighted by Crippen LogP contribution is 2.30. The third-order valence-corrected chi connectivity index (χ3v) is 5.95. The van der Waals surface area contributed by atoms with Crippen molar-refractivity contribution in [2.45, 2.75) is 31.2 Å². The number of halogens is 1. The summed E-state index contributed by atoms with van der Waals surface area (Å²) >= 11 is 5.92. The van der Waals surface area contributed by atoms with Crippen LogP contribution < -0.4 is 5.73 Å². The number of ether oxygens (including phenoxy) is 1. The van der Waals surface area contributed by atoms with Crippen LogP contribution in [0.3, 0.4) is 0 Å². The first-order chi connectivity index (χ1) is 9.37. The van der Waals surface area contributed by atoms with Crippen LogP contribution in [-0.4, -0.2) is 38.5 Å². The van der Waals surface area contributed by atoms with Crippen molar-refractivity contribution in [1.29, 1.82) is 0 Å². The number of morpholine rings is 1. The molecule has 1 heterocycles. The zero-order chi connectivity index (χ0) is 14.9. The molecule has 2 N–H and O–H groups in total. The fourth-order valence-corrected chi connectivity index (χ4v) is 4.48. The van der Waals surface area contributed by atoms with Crippen LogP contribution in [0.2, 0.25) is 5.02 Å². The van der Waals surface area contributed by atoms with Gasteiger partial charge in [0.2, 0.25) is 10.0 Å². The summed E-state index contributed by atoms with van der Waals surface area (Å²) < 4.78 is 32.5. The highest BCUT2D eigenvalue weighted by atomic mass is 35.5. The lowest BCUT2D eigenvalue weighted by molar-refractivity contribution is 0.0314. The minimum absolute atomic E-state index is 0.134. The Labute approximate surface area is 124 Å². The molecule has 1 aliphatic rings.